The minimum Gasteiger partial charge on any atom is -0.267 e. The molecule has 0 fully saturated rings. The number of amides is 2. The van der Waals surface area contributed by atoms with Gasteiger partial charge in [0, 0.05) is 16.7 Å². The summed E-state index contributed by atoms with van der Waals surface area (Å²) in [5.74, 6) is -0.204. The Hall–Kier alpha value is -4.33. The average molecular weight is 426 g/mol. The van der Waals surface area contributed by atoms with Crippen LogP contribution in [0.15, 0.2) is 72.8 Å². The van der Waals surface area contributed by atoms with Gasteiger partial charge in [-0.3, -0.25) is 20.4 Å². The lowest BCUT2D eigenvalue weighted by Crippen LogP contribution is -2.41. The highest BCUT2D eigenvalue weighted by Crippen LogP contribution is 2.13. The summed E-state index contributed by atoms with van der Waals surface area (Å²) in [6.45, 7) is 4.18. The second kappa shape index (κ2) is 9.22. The van der Waals surface area contributed by atoms with Crippen molar-refractivity contribution in [2.24, 2.45) is 0 Å². The minimum atomic E-state index is -0.402. The van der Waals surface area contributed by atoms with E-state index in [4.69, 9.17) is 0 Å². The maximum atomic E-state index is 12.4. The summed E-state index contributed by atoms with van der Waals surface area (Å²) in [6, 6.07) is 22.2. The van der Waals surface area contributed by atoms with E-state index >= 15 is 0 Å². The first kappa shape index (κ1) is 20.9. The zero-order chi connectivity index (χ0) is 22.5. The molecule has 0 saturated heterocycles. The van der Waals surface area contributed by atoms with Gasteiger partial charge in [-0.15, -0.1) is 10.2 Å². The summed E-state index contributed by atoms with van der Waals surface area (Å²) < 4.78 is 0. The molecule has 0 aliphatic carbocycles. The molecule has 0 unspecified atom stereocenters. The highest BCUT2D eigenvalue weighted by atomic mass is 16.2. The van der Waals surface area contributed by atoms with Gasteiger partial charge in [-0.1, -0.05) is 60.2 Å². The van der Waals surface area contributed by atoms with Gasteiger partial charge < -0.3 is 0 Å². The number of nitrogens with zero attached hydrogens (tertiary/aromatic N) is 4. The third kappa shape index (κ3) is 4.86. The molecule has 0 aliphatic rings. The monoisotopic (exact) mass is 426 g/mol. The number of tetrazole rings is 1. The highest BCUT2D eigenvalue weighted by molar-refractivity contribution is 5.99. The molecule has 0 bridgehead atoms. The van der Waals surface area contributed by atoms with Crippen molar-refractivity contribution >= 4 is 11.8 Å². The molecule has 2 N–H and O–H groups in total. The van der Waals surface area contributed by atoms with Crippen molar-refractivity contribution in [1.82, 2.24) is 31.1 Å². The van der Waals surface area contributed by atoms with Crippen LogP contribution < -0.4 is 10.9 Å². The first-order valence-corrected chi connectivity index (χ1v) is 10.1. The predicted octanol–water partition coefficient (Wildman–Crippen LogP) is 3.08. The molecule has 0 radical (unpaired) electrons. The molecule has 8 nitrogen and oxygen atoms in total. The Morgan fingerprint density at radius 3 is 2.34 bits per heavy atom. The second-order valence-corrected chi connectivity index (χ2v) is 7.43. The first-order valence-electron chi connectivity index (χ1n) is 10.1. The van der Waals surface area contributed by atoms with E-state index in [0.29, 0.717) is 23.5 Å². The number of benzene rings is 3. The van der Waals surface area contributed by atoms with Gasteiger partial charge >= 0.3 is 0 Å². The Morgan fingerprint density at radius 1 is 0.875 bits per heavy atom. The minimum absolute atomic E-state index is 0.359. The van der Waals surface area contributed by atoms with Crippen molar-refractivity contribution in [3.63, 3.8) is 0 Å². The number of carbonyl (C=O) groups is 2. The van der Waals surface area contributed by atoms with Crippen molar-refractivity contribution in [2.75, 3.05) is 0 Å². The molecule has 4 aromatic rings. The van der Waals surface area contributed by atoms with Crippen molar-refractivity contribution in [2.45, 2.75) is 20.4 Å². The van der Waals surface area contributed by atoms with E-state index in [9.17, 15) is 9.59 Å². The molecular formula is C24H22N6O2. The van der Waals surface area contributed by atoms with Gasteiger partial charge in [-0.05, 0) is 48.4 Å². The molecule has 0 saturated carbocycles. The lowest BCUT2D eigenvalue weighted by Gasteiger charge is -2.10. The normalized spacial score (nSPS) is 10.6. The number of rotatable bonds is 5. The number of carbonyl (C=O) groups excluding carboxylic acids is 2. The average Bonchev–Trinajstić information content (AvgIpc) is 3.28. The van der Waals surface area contributed by atoms with Crippen LogP contribution in [-0.4, -0.2) is 32.0 Å². The molecule has 0 aliphatic heterocycles. The largest absolute Gasteiger partial charge is 0.269 e. The third-order valence-corrected chi connectivity index (χ3v) is 4.95. The molecule has 0 atom stereocenters. The lowest BCUT2D eigenvalue weighted by atomic mass is 10.1. The molecule has 3 aromatic carbocycles. The van der Waals surface area contributed by atoms with E-state index in [1.165, 1.54) is 4.80 Å². The lowest BCUT2D eigenvalue weighted by molar-refractivity contribution is 0.0846. The van der Waals surface area contributed by atoms with Gasteiger partial charge in [0.25, 0.3) is 11.8 Å². The Labute approximate surface area is 185 Å². The summed E-state index contributed by atoms with van der Waals surface area (Å²) in [7, 11) is 0. The van der Waals surface area contributed by atoms with Gasteiger partial charge in [0.05, 0.1) is 6.54 Å². The van der Waals surface area contributed by atoms with Crippen LogP contribution in [0.1, 0.15) is 37.4 Å². The number of aryl methyl sites for hydroxylation is 2. The van der Waals surface area contributed by atoms with Crippen molar-refractivity contribution in [3.05, 3.63) is 101 Å². The van der Waals surface area contributed by atoms with Gasteiger partial charge in [0.2, 0.25) is 5.82 Å². The van der Waals surface area contributed by atoms with Crippen molar-refractivity contribution < 1.29 is 9.59 Å². The van der Waals surface area contributed by atoms with E-state index in [1.54, 1.807) is 18.2 Å². The predicted molar refractivity (Wildman–Crippen MR) is 120 cm³/mol. The first-order chi connectivity index (χ1) is 15.5. The summed E-state index contributed by atoms with van der Waals surface area (Å²) in [4.78, 5) is 26.3. The van der Waals surface area contributed by atoms with Gasteiger partial charge in [-0.2, -0.15) is 4.80 Å². The van der Waals surface area contributed by atoms with Crippen molar-refractivity contribution in [3.8, 4) is 11.4 Å². The quantitative estimate of drug-likeness (QED) is 0.478. The molecule has 160 valence electrons. The summed E-state index contributed by atoms with van der Waals surface area (Å²) in [5.41, 5.74) is 9.49. The molecular weight excluding hydrogens is 404 g/mol. The number of hydrogen-bond donors (Lipinski definition) is 2. The Morgan fingerprint density at radius 2 is 1.59 bits per heavy atom. The summed E-state index contributed by atoms with van der Waals surface area (Å²) >= 11 is 0. The summed E-state index contributed by atoms with van der Waals surface area (Å²) in [5, 5.41) is 12.6. The Kier molecular flexibility index (Phi) is 6.03. The Bertz CT molecular complexity index is 1250. The van der Waals surface area contributed by atoms with Gasteiger partial charge in [0.15, 0.2) is 0 Å². The number of hydrazine groups is 1. The number of nitrogens with one attached hydrogen (secondary N) is 2. The molecule has 0 spiro atoms. The molecule has 2 amide bonds. The van der Waals surface area contributed by atoms with E-state index in [0.717, 1.165) is 22.3 Å². The zero-order valence-electron chi connectivity index (χ0n) is 17.7. The van der Waals surface area contributed by atoms with E-state index in [-0.39, 0.29) is 5.91 Å². The van der Waals surface area contributed by atoms with Crippen LogP contribution in [0.4, 0.5) is 0 Å². The highest BCUT2D eigenvalue weighted by Gasteiger charge is 2.12. The molecule has 1 heterocycles. The van der Waals surface area contributed by atoms with Crippen LogP contribution in [-0.2, 0) is 6.54 Å². The van der Waals surface area contributed by atoms with Crippen LogP contribution in [0.5, 0.6) is 0 Å². The fourth-order valence-corrected chi connectivity index (χ4v) is 3.17. The van der Waals surface area contributed by atoms with Crippen LogP contribution in [0.2, 0.25) is 0 Å². The molecule has 8 heteroatoms. The standard InChI is InChI=1S/C24H22N6O2/c1-16-8-9-17(2)21(14-16)24(32)27-26-23(31)20-12-10-18(11-13-20)15-30-28-22(25-29-30)19-6-4-3-5-7-19/h3-14H,15H2,1-2H3,(H,26,31)(H,27,32). The van der Waals surface area contributed by atoms with Gasteiger partial charge in [0.1, 0.15) is 0 Å². The fraction of sp³-hybridized carbons (Fsp3) is 0.125. The van der Waals surface area contributed by atoms with Crippen LogP contribution >= 0.6 is 0 Å². The van der Waals surface area contributed by atoms with Gasteiger partial charge in [-0.25, -0.2) is 0 Å². The topological polar surface area (TPSA) is 102 Å². The van der Waals surface area contributed by atoms with Crippen LogP contribution in [0.3, 0.4) is 0 Å². The Balaban J connectivity index is 1.35. The number of aromatic nitrogens is 4. The third-order valence-electron chi connectivity index (χ3n) is 4.95. The second-order valence-electron chi connectivity index (χ2n) is 7.43. The van der Waals surface area contributed by atoms with E-state index in [1.807, 2.05) is 68.4 Å². The maximum absolute atomic E-state index is 12.4. The number of hydrogen-bond acceptors (Lipinski definition) is 5. The van der Waals surface area contributed by atoms with E-state index < -0.39 is 5.91 Å². The van der Waals surface area contributed by atoms with Crippen LogP contribution in [0.25, 0.3) is 11.4 Å². The molecule has 32 heavy (non-hydrogen) atoms. The molecule has 4 rings (SSSR count). The summed E-state index contributed by atoms with van der Waals surface area (Å²) in [6.07, 6.45) is 0. The zero-order valence-corrected chi connectivity index (χ0v) is 17.7. The van der Waals surface area contributed by atoms with Crippen LogP contribution in [0, 0.1) is 13.8 Å². The van der Waals surface area contributed by atoms with E-state index in [2.05, 4.69) is 26.3 Å². The maximum Gasteiger partial charge on any atom is 0.269 e. The SMILES string of the molecule is Cc1ccc(C)c(C(=O)NNC(=O)c2ccc(Cn3nnc(-c4ccccc4)n3)cc2)c1. The van der Waals surface area contributed by atoms with Crippen molar-refractivity contribution in [1.29, 1.82) is 0 Å². The molecule has 1 aromatic heterocycles. The fourth-order valence-electron chi connectivity index (χ4n) is 3.17. The smallest absolute Gasteiger partial charge is 0.267 e.